The van der Waals surface area contributed by atoms with Crippen LogP contribution in [0.15, 0.2) is 24.3 Å². The fourth-order valence-corrected chi connectivity index (χ4v) is 3.25. The maximum absolute atomic E-state index is 12.9. The molecule has 1 N–H and O–H groups in total. The fourth-order valence-electron chi connectivity index (χ4n) is 3.25. The molecule has 3 rings (SSSR count). The number of benzene rings is 1. The molecular formula is C16H23FN2. The third kappa shape index (κ3) is 3.77. The molecule has 0 aromatic heterocycles. The fraction of sp³-hybridized carbons (Fsp3) is 0.625. The second kappa shape index (κ2) is 5.59. The molecule has 1 aromatic rings. The Labute approximate surface area is 115 Å². The number of hydrogen-bond donors (Lipinski definition) is 1. The van der Waals surface area contributed by atoms with Crippen molar-refractivity contribution in [3.63, 3.8) is 0 Å². The van der Waals surface area contributed by atoms with Crippen LogP contribution in [0.25, 0.3) is 0 Å². The van der Waals surface area contributed by atoms with Crippen molar-refractivity contribution in [2.75, 3.05) is 20.1 Å². The molecule has 2 unspecified atom stereocenters. The minimum Gasteiger partial charge on any atom is -0.310 e. The van der Waals surface area contributed by atoms with Gasteiger partial charge in [0.15, 0.2) is 0 Å². The lowest BCUT2D eigenvalue weighted by molar-refractivity contribution is 0.168. The van der Waals surface area contributed by atoms with Crippen LogP contribution in [-0.2, 0) is 6.42 Å². The third-order valence-corrected chi connectivity index (χ3v) is 4.21. The van der Waals surface area contributed by atoms with Crippen molar-refractivity contribution < 1.29 is 4.39 Å². The molecular weight excluding hydrogens is 239 g/mol. The normalized spacial score (nSPS) is 28.5. The Balaban J connectivity index is 1.57. The maximum atomic E-state index is 12.9. The topological polar surface area (TPSA) is 15.3 Å². The van der Waals surface area contributed by atoms with Gasteiger partial charge in [0.25, 0.3) is 0 Å². The van der Waals surface area contributed by atoms with Crippen molar-refractivity contribution in [3.8, 4) is 0 Å². The van der Waals surface area contributed by atoms with Crippen LogP contribution in [0.5, 0.6) is 0 Å². The van der Waals surface area contributed by atoms with Gasteiger partial charge in [-0.3, -0.25) is 0 Å². The Morgan fingerprint density at radius 2 is 1.89 bits per heavy atom. The minimum absolute atomic E-state index is 0.141. The summed E-state index contributed by atoms with van der Waals surface area (Å²) in [4.78, 5) is 2.43. The van der Waals surface area contributed by atoms with Gasteiger partial charge in [0.1, 0.15) is 5.82 Å². The predicted molar refractivity (Wildman–Crippen MR) is 75.7 cm³/mol. The second-order valence-corrected chi connectivity index (χ2v) is 6.29. The smallest absolute Gasteiger partial charge is 0.123 e. The van der Waals surface area contributed by atoms with Crippen LogP contribution < -0.4 is 5.32 Å². The largest absolute Gasteiger partial charge is 0.310 e. The molecule has 1 aromatic carbocycles. The highest BCUT2D eigenvalue weighted by Gasteiger charge is 2.30. The number of likely N-dealkylation sites (tertiary alicyclic amines) is 1. The zero-order chi connectivity index (χ0) is 13.2. The summed E-state index contributed by atoms with van der Waals surface area (Å²) < 4.78 is 12.9. The van der Waals surface area contributed by atoms with E-state index in [1.807, 2.05) is 12.1 Å². The SMILES string of the molecule is CN1CC(Cc2ccc(F)cc2)CC(NC2CC2)C1. The number of piperidine rings is 1. The molecule has 1 heterocycles. The summed E-state index contributed by atoms with van der Waals surface area (Å²) in [5.41, 5.74) is 1.26. The standard InChI is InChI=1S/C16H23FN2/c1-19-10-13(8-12-2-4-14(17)5-3-12)9-16(11-19)18-15-6-7-15/h2-5,13,15-16,18H,6-11H2,1H3. The summed E-state index contributed by atoms with van der Waals surface area (Å²) >= 11 is 0. The first-order chi connectivity index (χ1) is 9.19. The molecule has 1 saturated carbocycles. The molecule has 3 heteroatoms. The van der Waals surface area contributed by atoms with Gasteiger partial charge in [-0.05, 0) is 56.3 Å². The number of rotatable bonds is 4. The molecule has 1 saturated heterocycles. The molecule has 0 bridgehead atoms. The van der Waals surface area contributed by atoms with Crippen molar-refractivity contribution in [2.45, 2.75) is 37.8 Å². The first-order valence-corrected chi connectivity index (χ1v) is 7.38. The molecule has 2 fully saturated rings. The van der Waals surface area contributed by atoms with E-state index in [1.54, 1.807) is 12.1 Å². The lowest BCUT2D eigenvalue weighted by atomic mass is 9.89. The number of halogens is 1. The number of nitrogens with zero attached hydrogens (tertiary/aromatic N) is 1. The first kappa shape index (κ1) is 13.1. The van der Waals surface area contributed by atoms with Crippen LogP contribution in [0.4, 0.5) is 4.39 Å². The van der Waals surface area contributed by atoms with Crippen LogP contribution in [0.1, 0.15) is 24.8 Å². The van der Waals surface area contributed by atoms with Gasteiger partial charge >= 0.3 is 0 Å². The Morgan fingerprint density at radius 1 is 1.16 bits per heavy atom. The number of likely N-dealkylation sites (N-methyl/N-ethyl adjacent to an activating group) is 1. The summed E-state index contributed by atoms with van der Waals surface area (Å²) in [6, 6.07) is 8.41. The van der Waals surface area contributed by atoms with Gasteiger partial charge in [-0.2, -0.15) is 0 Å². The summed E-state index contributed by atoms with van der Waals surface area (Å²) in [5, 5.41) is 3.75. The average molecular weight is 262 g/mol. The van der Waals surface area contributed by atoms with E-state index >= 15 is 0 Å². The molecule has 2 nitrogen and oxygen atoms in total. The van der Waals surface area contributed by atoms with Crippen LogP contribution in [0, 0.1) is 11.7 Å². The van der Waals surface area contributed by atoms with Gasteiger partial charge in [0.05, 0.1) is 0 Å². The molecule has 0 spiro atoms. The summed E-state index contributed by atoms with van der Waals surface area (Å²) in [6.07, 6.45) is 5.01. The van der Waals surface area contributed by atoms with E-state index in [1.165, 1.54) is 24.8 Å². The van der Waals surface area contributed by atoms with Gasteiger partial charge < -0.3 is 10.2 Å². The van der Waals surface area contributed by atoms with E-state index < -0.39 is 0 Å². The van der Waals surface area contributed by atoms with Gasteiger partial charge in [-0.15, -0.1) is 0 Å². The van der Waals surface area contributed by atoms with Crippen LogP contribution >= 0.6 is 0 Å². The van der Waals surface area contributed by atoms with Crippen LogP contribution in [0.2, 0.25) is 0 Å². The Bertz CT molecular complexity index is 411. The molecule has 0 radical (unpaired) electrons. The van der Waals surface area contributed by atoms with E-state index in [-0.39, 0.29) is 5.82 Å². The molecule has 1 aliphatic heterocycles. The monoisotopic (exact) mass is 262 g/mol. The molecule has 2 atom stereocenters. The summed E-state index contributed by atoms with van der Waals surface area (Å²) in [7, 11) is 2.21. The first-order valence-electron chi connectivity index (χ1n) is 7.38. The van der Waals surface area contributed by atoms with Gasteiger partial charge in [-0.25, -0.2) is 4.39 Å². The Hall–Kier alpha value is -0.930. The van der Waals surface area contributed by atoms with Gasteiger partial charge in [0.2, 0.25) is 0 Å². The predicted octanol–water partition coefficient (Wildman–Crippen LogP) is 2.44. The van der Waals surface area contributed by atoms with Gasteiger partial charge in [-0.1, -0.05) is 12.1 Å². The lowest BCUT2D eigenvalue weighted by Gasteiger charge is -2.36. The van der Waals surface area contributed by atoms with Crippen LogP contribution in [0.3, 0.4) is 0 Å². The highest BCUT2D eigenvalue weighted by atomic mass is 19.1. The second-order valence-electron chi connectivity index (χ2n) is 6.29. The molecule has 104 valence electrons. The zero-order valence-electron chi connectivity index (χ0n) is 11.6. The Morgan fingerprint density at radius 3 is 2.58 bits per heavy atom. The minimum atomic E-state index is -0.141. The van der Waals surface area contributed by atoms with Crippen molar-refractivity contribution >= 4 is 0 Å². The van der Waals surface area contributed by atoms with Crippen molar-refractivity contribution in [3.05, 3.63) is 35.6 Å². The molecule has 19 heavy (non-hydrogen) atoms. The number of nitrogens with one attached hydrogen (secondary N) is 1. The Kier molecular flexibility index (Phi) is 3.85. The van der Waals surface area contributed by atoms with Crippen molar-refractivity contribution in [1.29, 1.82) is 0 Å². The third-order valence-electron chi connectivity index (χ3n) is 4.21. The molecule has 2 aliphatic rings. The van der Waals surface area contributed by atoms with E-state index in [0.717, 1.165) is 25.6 Å². The highest BCUT2D eigenvalue weighted by Crippen LogP contribution is 2.25. The van der Waals surface area contributed by atoms with E-state index in [2.05, 4.69) is 17.3 Å². The van der Waals surface area contributed by atoms with Crippen molar-refractivity contribution in [1.82, 2.24) is 10.2 Å². The lowest BCUT2D eigenvalue weighted by Crippen LogP contribution is -2.48. The van der Waals surface area contributed by atoms with E-state index in [9.17, 15) is 4.39 Å². The molecule has 0 amide bonds. The summed E-state index contributed by atoms with van der Waals surface area (Å²) in [6.45, 7) is 2.32. The van der Waals surface area contributed by atoms with Gasteiger partial charge in [0, 0.05) is 25.2 Å². The molecule has 1 aliphatic carbocycles. The van der Waals surface area contributed by atoms with E-state index in [0.29, 0.717) is 12.0 Å². The summed E-state index contributed by atoms with van der Waals surface area (Å²) in [5.74, 6) is 0.540. The maximum Gasteiger partial charge on any atom is 0.123 e. The highest BCUT2D eigenvalue weighted by molar-refractivity contribution is 5.17. The van der Waals surface area contributed by atoms with Crippen LogP contribution in [-0.4, -0.2) is 37.1 Å². The average Bonchev–Trinajstić information content (AvgIpc) is 3.15. The van der Waals surface area contributed by atoms with E-state index in [4.69, 9.17) is 0 Å². The quantitative estimate of drug-likeness (QED) is 0.896. The van der Waals surface area contributed by atoms with Crippen molar-refractivity contribution in [2.24, 2.45) is 5.92 Å². The zero-order valence-corrected chi connectivity index (χ0v) is 11.6. The number of hydrogen-bond acceptors (Lipinski definition) is 2.